The fraction of sp³-hybridized carbons (Fsp3) is 0.333. The van der Waals surface area contributed by atoms with E-state index in [9.17, 15) is 4.79 Å². The lowest BCUT2D eigenvalue weighted by Crippen LogP contribution is -2.29. The molecule has 0 atom stereocenters. The van der Waals surface area contributed by atoms with Crippen LogP contribution in [0, 0.1) is 0 Å². The van der Waals surface area contributed by atoms with Crippen molar-refractivity contribution < 1.29 is 14.1 Å². The molecule has 2 heterocycles. The van der Waals surface area contributed by atoms with Gasteiger partial charge in [-0.2, -0.15) is 4.98 Å². The number of rotatable bonds is 6. The van der Waals surface area contributed by atoms with Crippen molar-refractivity contribution in [3.63, 3.8) is 0 Å². The largest absolute Gasteiger partial charge is 0.375 e. The van der Waals surface area contributed by atoms with E-state index in [4.69, 9.17) is 9.26 Å². The van der Waals surface area contributed by atoms with Crippen LogP contribution >= 0.6 is 0 Å². The van der Waals surface area contributed by atoms with Gasteiger partial charge in [0.2, 0.25) is 5.91 Å². The number of amides is 1. The predicted octanol–water partition coefficient (Wildman–Crippen LogP) is 0.437. The zero-order chi connectivity index (χ0) is 13.5. The van der Waals surface area contributed by atoms with Gasteiger partial charge >= 0.3 is 0 Å². The molecule has 0 fully saturated rings. The molecule has 0 aromatic carbocycles. The van der Waals surface area contributed by atoms with Crippen molar-refractivity contribution in [2.24, 2.45) is 0 Å². The average Bonchev–Trinajstić information content (AvgIpc) is 2.89. The van der Waals surface area contributed by atoms with Crippen molar-refractivity contribution in [2.45, 2.75) is 6.42 Å². The maximum absolute atomic E-state index is 11.2. The van der Waals surface area contributed by atoms with Gasteiger partial charge < -0.3 is 14.6 Å². The molecular formula is C12H14N4O3. The molecule has 0 saturated heterocycles. The third-order valence-electron chi connectivity index (χ3n) is 2.32. The van der Waals surface area contributed by atoms with Crippen molar-refractivity contribution in [1.29, 1.82) is 0 Å². The minimum atomic E-state index is -0.168. The molecule has 19 heavy (non-hydrogen) atoms. The van der Waals surface area contributed by atoms with Crippen molar-refractivity contribution >= 4 is 5.91 Å². The number of aromatic nitrogens is 3. The summed E-state index contributed by atoms with van der Waals surface area (Å²) in [6, 6.07) is 3.63. The Morgan fingerprint density at radius 3 is 3.16 bits per heavy atom. The molecule has 1 amide bonds. The summed E-state index contributed by atoms with van der Waals surface area (Å²) in [5.41, 5.74) is 0.768. The first-order chi connectivity index (χ1) is 9.29. The Labute approximate surface area is 110 Å². The van der Waals surface area contributed by atoms with Crippen LogP contribution in [0.3, 0.4) is 0 Å². The van der Waals surface area contributed by atoms with Crippen LogP contribution < -0.4 is 5.32 Å². The normalized spacial score (nSPS) is 10.4. The topological polar surface area (TPSA) is 90.1 Å². The Balaban J connectivity index is 1.86. The molecule has 0 radical (unpaired) electrons. The van der Waals surface area contributed by atoms with Crippen molar-refractivity contribution in [3.05, 3.63) is 30.4 Å². The molecule has 0 saturated carbocycles. The first-order valence-electron chi connectivity index (χ1n) is 5.78. The molecule has 2 aromatic rings. The highest BCUT2D eigenvalue weighted by Gasteiger charge is 2.08. The molecule has 7 heteroatoms. The number of carbonyl (C=O) groups excluding carboxylic acids is 1. The molecule has 0 aliphatic heterocycles. The lowest BCUT2D eigenvalue weighted by atomic mass is 10.3. The molecule has 7 nitrogen and oxygen atoms in total. The Kier molecular flexibility index (Phi) is 4.57. The van der Waals surface area contributed by atoms with Gasteiger partial charge in [0.1, 0.15) is 6.61 Å². The molecule has 0 bridgehead atoms. The van der Waals surface area contributed by atoms with Crippen LogP contribution in [-0.4, -0.2) is 41.3 Å². The SMILES string of the molecule is COCC(=O)NCCc1noc(-c2cccnc2)n1. The summed E-state index contributed by atoms with van der Waals surface area (Å²) in [5, 5.41) is 6.52. The quantitative estimate of drug-likeness (QED) is 0.812. The lowest BCUT2D eigenvalue weighted by Gasteiger charge is -2.01. The van der Waals surface area contributed by atoms with Gasteiger partial charge in [0.25, 0.3) is 5.89 Å². The van der Waals surface area contributed by atoms with E-state index in [0.29, 0.717) is 24.7 Å². The minimum Gasteiger partial charge on any atom is -0.375 e. The maximum atomic E-state index is 11.2. The summed E-state index contributed by atoms with van der Waals surface area (Å²) in [6.07, 6.45) is 3.82. The number of hydrogen-bond acceptors (Lipinski definition) is 6. The van der Waals surface area contributed by atoms with Gasteiger partial charge in [-0.3, -0.25) is 9.78 Å². The third kappa shape index (κ3) is 3.85. The van der Waals surface area contributed by atoms with E-state index in [1.54, 1.807) is 18.5 Å². The summed E-state index contributed by atoms with van der Waals surface area (Å²) < 4.78 is 9.82. The van der Waals surface area contributed by atoms with Gasteiger partial charge in [0, 0.05) is 32.5 Å². The van der Waals surface area contributed by atoms with E-state index in [1.807, 2.05) is 6.07 Å². The summed E-state index contributed by atoms with van der Waals surface area (Å²) in [5.74, 6) is 0.793. The van der Waals surface area contributed by atoms with Crippen LogP contribution in [0.1, 0.15) is 5.82 Å². The summed E-state index contributed by atoms with van der Waals surface area (Å²) in [4.78, 5) is 19.4. The van der Waals surface area contributed by atoms with E-state index >= 15 is 0 Å². The van der Waals surface area contributed by atoms with Crippen molar-refractivity contribution in [2.75, 3.05) is 20.3 Å². The van der Waals surface area contributed by atoms with E-state index < -0.39 is 0 Å². The average molecular weight is 262 g/mol. The highest BCUT2D eigenvalue weighted by molar-refractivity contribution is 5.77. The van der Waals surface area contributed by atoms with Gasteiger partial charge in [-0.1, -0.05) is 5.16 Å². The first-order valence-corrected chi connectivity index (χ1v) is 5.78. The fourth-order valence-electron chi connectivity index (χ4n) is 1.46. The number of nitrogens with one attached hydrogen (secondary N) is 1. The highest BCUT2D eigenvalue weighted by Crippen LogP contribution is 2.14. The smallest absolute Gasteiger partial charge is 0.259 e. The van der Waals surface area contributed by atoms with Gasteiger partial charge in [-0.25, -0.2) is 0 Å². The number of pyridine rings is 1. The highest BCUT2D eigenvalue weighted by atomic mass is 16.5. The second-order valence-corrected chi connectivity index (χ2v) is 3.79. The molecule has 100 valence electrons. The summed E-state index contributed by atoms with van der Waals surface area (Å²) >= 11 is 0. The molecule has 2 aromatic heterocycles. The molecule has 2 rings (SSSR count). The van der Waals surface area contributed by atoms with Gasteiger partial charge in [0.05, 0.1) is 5.56 Å². The van der Waals surface area contributed by atoms with E-state index in [1.165, 1.54) is 7.11 Å². The van der Waals surface area contributed by atoms with Crippen LogP contribution in [0.4, 0.5) is 0 Å². The van der Waals surface area contributed by atoms with Gasteiger partial charge in [0.15, 0.2) is 5.82 Å². The molecule has 0 spiro atoms. The third-order valence-corrected chi connectivity index (χ3v) is 2.32. The van der Waals surface area contributed by atoms with Crippen molar-refractivity contribution in [3.8, 4) is 11.5 Å². The number of methoxy groups -OCH3 is 1. The zero-order valence-electron chi connectivity index (χ0n) is 10.5. The standard InChI is InChI=1S/C12H14N4O3/c1-18-8-11(17)14-6-4-10-15-12(19-16-10)9-3-2-5-13-7-9/h2-3,5,7H,4,6,8H2,1H3,(H,14,17). The minimum absolute atomic E-state index is 0.0488. The molecule has 0 aliphatic rings. The molecular weight excluding hydrogens is 248 g/mol. The van der Waals surface area contributed by atoms with Crippen LogP contribution in [-0.2, 0) is 16.0 Å². The number of ether oxygens (including phenoxy) is 1. The lowest BCUT2D eigenvalue weighted by molar-refractivity contribution is -0.124. The van der Waals surface area contributed by atoms with E-state index in [-0.39, 0.29) is 12.5 Å². The maximum Gasteiger partial charge on any atom is 0.259 e. The van der Waals surface area contributed by atoms with Crippen LogP contribution in [0.15, 0.2) is 29.0 Å². The fourth-order valence-corrected chi connectivity index (χ4v) is 1.46. The molecule has 0 unspecified atom stereocenters. The number of carbonyl (C=O) groups is 1. The monoisotopic (exact) mass is 262 g/mol. The predicted molar refractivity (Wildman–Crippen MR) is 66.1 cm³/mol. The number of nitrogens with zero attached hydrogens (tertiary/aromatic N) is 3. The Bertz CT molecular complexity index is 527. The van der Waals surface area contributed by atoms with Gasteiger partial charge in [-0.05, 0) is 12.1 Å². The van der Waals surface area contributed by atoms with Gasteiger partial charge in [-0.15, -0.1) is 0 Å². The Hall–Kier alpha value is -2.28. The van der Waals surface area contributed by atoms with Crippen LogP contribution in [0.5, 0.6) is 0 Å². The molecule has 1 N–H and O–H groups in total. The van der Waals surface area contributed by atoms with Crippen molar-refractivity contribution in [1.82, 2.24) is 20.4 Å². The van der Waals surface area contributed by atoms with E-state index in [0.717, 1.165) is 5.56 Å². The summed E-state index contributed by atoms with van der Waals surface area (Å²) in [7, 11) is 1.47. The summed E-state index contributed by atoms with van der Waals surface area (Å²) in [6.45, 7) is 0.487. The Morgan fingerprint density at radius 1 is 1.53 bits per heavy atom. The zero-order valence-corrected chi connectivity index (χ0v) is 10.5. The second-order valence-electron chi connectivity index (χ2n) is 3.79. The molecule has 0 aliphatic carbocycles. The first kappa shape index (κ1) is 13.2. The number of hydrogen-bond donors (Lipinski definition) is 1. The van der Waals surface area contributed by atoms with Crippen LogP contribution in [0.2, 0.25) is 0 Å². The second kappa shape index (κ2) is 6.60. The Morgan fingerprint density at radius 2 is 2.42 bits per heavy atom. The van der Waals surface area contributed by atoms with Crippen LogP contribution in [0.25, 0.3) is 11.5 Å². The van der Waals surface area contributed by atoms with E-state index in [2.05, 4.69) is 20.4 Å².